The molecule has 0 radical (unpaired) electrons. The van der Waals surface area contributed by atoms with Gasteiger partial charge in [-0.2, -0.15) is 0 Å². The molecule has 156 valence electrons. The Morgan fingerprint density at radius 2 is 1.38 bits per heavy atom. The SMILES string of the molecule is CC(C)CC1=Cc2c(-c3ccccc3)cccc2C1c1cccc2c1Cc1ccccc1-2. The van der Waals surface area contributed by atoms with Gasteiger partial charge in [0.15, 0.2) is 0 Å². The Morgan fingerprint density at radius 1 is 0.688 bits per heavy atom. The smallest absolute Gasteiger partial charge is 0.0311 e. The van der Waals surface area contributed by atoms with Crippen LogP contribution in [-0.2, 0) is 6.42 Å². The van der Waals surface area contributed by atoms with Crippen LogP contribution in [0.4, 0.5) is 0 Å². The summed E-state index contributed by atoms with van der Waals surface area (Å²) in [6.07, 6.45) is 4.68. The lowest BCUT2D eigenvalue weighted by Crippen LogP contribution is -2.07. The third kappa shape index (κ3) is 3.06. The van der Waals surface area contributed by atoms with E-state index < -0.39 is 0 Å². The molecule has 0 saturated carbocycles. The number of allylic oxidation sites excluding steroid dienone is 1. The summed E-state index contributed by atoms with van der Waals surface area (Å²) in [5.74, 6) is 0.979. The van der Waals surface area contributed by atoms with Crippen LogP contribution >= 0.6 is 0 Å². The number of hydrogen-bond acceptors (Lipinski definition) is 0. The molecule has 4 aromatic rings. The summed E-state index contributed by atoms with van der Waals surface area (Å²) in [5.41, 5.74) is 14.4. The molecule has 0 heteroatoms. The fourth-order valence-electron chi connectivity index (χ4n) is 5.80. The molecule has 0 aromatic heterocycles. The van der Waals surface area contributed by atoms with Crippen molar-refractivity contribution in [1.82, 2.24) is 0 Å². The fraction of sp³-hybridized carbons (Fsp3) is 0.188. The predicted molar refractivity (Wildman–Crippen MR) is 136 cm³/mol. The Labute approximate surface area is 191 Å². The zero-order chi connectivity index (χ0) is 21.7. The predicted octanol–water partition coefficient (Wildman–Crippen LogP) is 8.50. The van der Waals surface area contributed by atoms with Crippen molar-refractivity contribution in [3.8, 4) is 22.3 Å². The van der Waals surface area contributed by atoms with Crippen molar-refractivity contribution in [2.24, 2.45) is 5.92 Å². The van der Waals surface area contributed by atoms with E-state index in [4.69, 9.17) is 0 Å². The summed E-state index contributed by atoms with van der Waals surface area (Å²) >= 11 is 0. The van der Waals surface area contributed by atoms with E-state index in [-0.39, 0.29) is 0 Å². The second-order valence-corrected chi connectivity index (χ2v) is 9.63. The maximum atomic E-state index is 2.50. The molecule has 0 saturated heterocycles. The second-order valence-electron chi connectivity index (χ2n) is 9.63. The first-order valence-electron chi connectivity index (χ1n) is 11.8. The number of fused-ring (bicyclic) bond motifs is 4. The van der Waals surface area contributed by atoms with E-state index in [1.54, 1.807) is 5.57 Å². The average Bonchev–Trinajstić information content (AvgIpc) is 3.37. The van der Waals surface area contributed by atoms with Gasteiger partial charge in [0.05, 0.1) is 0 Å². The Morgan fingerprint density at radius 3 is 2.19 bits per heavy atom. The first-order valence-corrected chi connectivity index (χ1v) is 11.8. The molecule has 0 aliphatic heterocycles. The summed E-state index contributed by atoms with van der Waals surface area (Å²) in [4.78, 5) is 0. The first-order chi connectivity index (χ1) is 15.7. The van der Waals surface area contributed by atoms with E-state index in [0.29, 0.717) is 11.8 Å². The van der Waals surface area contributed by atoms with Crippen molar-refractivity contribution in [3.05, 3.63) is 124 Å². The molecule has 2 aliphatic carbocycles. The van der Waals surface area contributed by atoms with Gasteiger partial charge in [0.25, 0.3) is 0 Å². The molecule has 4 aromatic carbocycles. The van der Waals surface area contributed by atoms with E-state index in [0.717, 1.165) is 12.8 Å². The Kier molecular flexibility index (Phi) is 4.61. The van der Waals surface area contributed by atoms with Gasteiger partial charge in [-0.3, -0.25) is 0 Å². The molecular weight excluding hydrogens is 384 g/mol. The van der Waals surface area contributed by atoms with Gasteiger partial charge in [-0.1, -0.05) is 116 Å². The lowest BCUT2D eigenvalue weighted by Gasteiger charge is -2.22. The van der Waals surface area contributed by atoms with E-state index in [1.807, 2.05) is 0 Å². The summed E-state index contributed by atoms with van der Waals surface area (Å²) in [5, 5.41) is 0. The minimum atomic E-state index is 0.348. The van der Waals surface area contributed by atoms with Crippen LogP contribution in [0.5, 0.6) is 0 Å². The third-order valence-corrected chi connectivity index (χ3v) is 7.08. The second kappa shape index (κ2) is 7.64. The van der Waals surface area contributed by atoms with Gasteiger partial charge in [0.1, 0.15) is 0 Å². The summed E-state index contributed by atoms with van der Waals surface area (Å²) in [7, 11) is 0. The average molecular weight is 413 g/mol. The summed E-state index contributed by atoms with van der Waals surface area (Å²) < 4.78 is 0. The van der Waals surface area contributed by atoms with Gasteiger partial charge >= 0.3 is 0 Å². The molecule has 1 unspecified atom stereocenters. The molecule has 0 bridgehead atoms. The topological polar surface area (TPSA) is 0 Å². The maximum absolute atomic E-state index is 2.50. The van der Waals surface area contributed by atoms with Crippen LogP contribution < -0.4 is 0 Å². The standard InChI is InChI=1S/C32H28/c1-21(2)18-24-20-30-25(22-10-4-3-5-11-22)14-8-16-28(30)32(24)29-17-9-15-27-26-13-7-6-12-23(26)19-31(27)29/h3-17,20-21,32H,18-19H2,1-2H3. The number of rotatable bonds is 4. The normalized spacial score (nSPS) is 16.0. The molecular formula is C32H28. The van der Waals surface area contributed by atoms with Crippen molar-refractivity contribution >= 4 is 6.08 Å². The summed E-state index contributed by atoms with van der Waals surface area (Å²) in [6.45, 7) is 4.68. The first kappa shape index (κ1) is 19.3. The molecule has 0 nitrogen and oxygen atoms in total. The largest absolute Gasteiger partial charge is 0.0625 e. The van der Waals surface area contributed by atoms with Crippen LogP contribution in [0.25, 0.3) is 28.3 Å². The van der Waals surface area contributed by atoms with Gasteiger partial charge in [-0.15, -0.1) is 0 Å². The van der Waals surface area contributed by atoms with Crippen LogP contribution in [-0.4, -0.2) is 0 Å². The van der Waals surface area contributed by atoms with Gasteiger partial charge in [-0.05, 0) is 68.8 Å². The molecule has 6 rings (SSSR count). The maximum Gasteiger partial charge on any atom is 0.0311 e. The van der Waals surface area contributed by atoms with E-state index in [1.165, 1.54) is 50.1 Å². The quantitative estimate of drug-likeness (QED) is 0.277. The zero-order valence-corrected chi connectivity index (χ0v) is 18.8. The highest BCUT2D eigenvalue weighted by Crippen LogP contribution is 2.50. The number of benzene rings is 4. The van der Waals surface area contributed by atoms with Crippen molar-refractivity contribution in [2.75, 3.05) is 0 Å². The fourth-order valence-corrected chi connectivity index (χ4v) is 5.80. The van der Waals surface area contributed by atoms with E-state index >= 15 is 0 Å². The number of hydrogen-bond donors (Lipinski definition) is 0. The van der Waals surface area contributed by atoms with Crippen LogP contribution in [0.15, 0.2) is 96.6 Å². The molecule has 2 aliphatic rings. The minimum absolute atomic E-state index is 0.348. The molecule has 1 atom stereocenters. The van der Waals surface area contributed by atoms with Gasteiger partial charge in [0, 0.05) is 5.92 Å². The molecule has 0 amide bonds. The Hall–Kier alpha value is -3.38. The van der Waals surface area contributed by atoms with Crippen molar-refractivity contribution in [2.45, 2.75) is 32.6 Å². The van der Waals surface area contributed by atoms with Gasteiger partial charge < -0.3 is 0 Å². The lowest BCUT2D eigenvalue weighted by molar-refractivity contribution is 0.625. The van der Waals surface area contributed by atoms with Crippen LogP contribution in [0.2, 0.25) is 0 Å². The van der Waals surface area contributed by atoms with Crippen LogP contribution in [0.1, 0.15) is 54.0 Å². The van der Waals surface area contributed by atoms with E-state index in [2.05, 4.69) is 111 Å². The van der Waals surface area contributed by atoms with Crippen LogP contribution in [0.3, 0.4) is 0 Å². The zero-order valence-electron chi connectivity index (χ0n) is 18.8. The van der Waals surface area contributed by atoms with Gasteiger partial charge in [0.2, 0.25) is 0 Å². The lowest BCUT2D eigenvalue weighted by atomic mass is 9.81. The van der Waals surface area contributed by atoms with Crippen molar-refractivity contribution < 1.29 is 0 Å². The van der Waals surface area contributed by atoms with Gasteiger partial charge in [-0.25, -0.2) is 0 Å². The van der Waals surface area contributed by atoms with Crippen molar-refractivity contribution in [3.63, 3.8) is 0 Å². The monoisotopic (exact) mass is 412 g/mol. The third-order valence-electron chi connectivity index (χ3n) is 7.08. The summed E-state index contributed by atoms with van der Waals surface area (Å²) in [6, 6.07) is 33.6. The molecule has 0 heterocycles. The molecule has 0 spiro atoms. The highest BCUT2D eigenvalue weighted by atomic mass is 14.4. The molecule has 0 fully saturated rings. The highest BCUT2D eigenvalue weighted by molar-refractivity contribution is 5.85. The van der Waals surface area contributed by atoms with Crippen molar-refractivity contribution in [1.29, 1.82) is 0 Å². The Balaban J connectivity index is 1.54. The minimum Gasteiger partial charge on any atom is -0.0625 e. The van der Waals surface area contributed by atoms with E-state index in [9.17, 15) is 0 Å². The molecule has 0 N–H and O–H groups in total. The highest BCUT2D eigenvalue weighted by Gasteiger charge is 2.32. The van der Waals surface area contributed by atoms with Crippen LogP contribution in [0, 0.1) is 5.92 Å². The Bertz CT molecular complexity index is 1340. The molecule has 32 heavy (non-hydrogen) atoms.